The Labute approximate surface area is 246 Å². The van der Waals surface area contributed by atoms with Crippen molar-refractivity contribution in [2.45, 2.75) is 83.9 Å². The summed E-state index contributed by atoms with van der Waals surface area (Å²) in [7, 11) is -3.43. The van der Waals surface area contributed by atoms with E-state index < -0.39 is 22.2 Å². The number of hydrogen-bond acceptors (Lipinski definition) is 6. The third kappa shape index (κ3) is 10.3. The smallest absolute Gasteiger partial charge is 0.251 e. The molecule has 224 valence electrons. The van der Waals surface area contributed by atoms with Gasteiger partial charge in [-0.3, -0.25) is 9.10 Å². The minimum atomic E-state index is -3.43. The van der Waals surface area contributed by atoms with E-state index in [1.165, 1.54) is 17.1 Å². The second-order valence-corrected chi connectivity index (χ2v) is 12.5. The molecule has 4 N–H and O–H groups in total. The number of aliphatic hydroxyl groups is 1. The van der Waals surface area contributed by atoms with Crippen molar-refractivity contribution in [2.24, 2.45) is 0 Å². The number of benzene rings is 2. The number of rotatable bonds is 15. The van der Waals surface area contributed by atoms with Gasteiger partial charge in [0.05, 0.1) is 23.6 Å². The molecule has 2 aromatic rings. The molecule has 0 aliphatic carbocycles. The lowest BCUT2D eigenvalue weighted by molar-refractivity contribution is 0.0825. The fraction of sp³-hybridized carbons (Fsp3) is 0.567. The number of sulfonamides is 1. The van der Waals surface area contributed by atoms with Gasteiger partial charge in [0.15, 0.2) is 0 Å². The van der Waals surface area contributed by atoms with Gasteiger partial charge in [-0.2, -0.15) is 0 Å². The molecule has 10 heteroatoms. The van der Waals surface area contributed by atoms with E-state index in [-0.39, 0.29) is 30.1 Å². The van der Waals surface area contributed by atoms with Crippen LogP contribution in [-0.4, -0.2) is 63.0 Å². The fourth-order valence-corrected chi connectivity index (χ4v) is 6.56. The van der Waals surface area contributed by atoms with Crippen molar-refractivity contribution in [1.82, 2.24) is 10.6 Å². The molecule has 1 saturated heterocycles. The highest BCUT2D eigenvalue weighted by atomic mass is 35.5. The van der Waals surface area contributed by atoms with Gasteiger partial charge < -0.3 is 21.1 Å². The highest BCUT2D eigenvalue weighted by molar-refractivity contribution is 7.92. The van der Waals surface area contributed by atoms with Gasteiger partial charge >= 0.3 is 0 Å². The van der Waals surface area contributed by atoms with E-state index in [0.717, 1.165) is 24.8 Å². The Morgan fingerprint density at radius 2 is 1.82 bits per heavy atom. The fourth-order valence-electron chi connectivity index (χ4n) is 4.94. The summed E-state index contributed by atoms with van der Waals surface area (Å²) in [5.74, 6) is -0.240. The number of anilines is 2. The van der Waals surface area contributed by atoms with Crippen LogP contribution in [0.15, 0.2) is 48.5 Å². The van der Waals surface area contributed by atoms with Gasteiger partial charge in [0, 0.05) is 36.9 Å². The number of nitrogens with one attached hydrogen (secondary N) is 3. The van der Waals surface area contributed by atoms with Crippen LogP contribution in [0.5, 0.6) is 0 Å². The number of nitrogens with zero attached hydrogens (tertiary/aromatic N) is 1. The number of hydrogen-bond donors (Lipinski definition) is 4. The van der Waals surface area contributed by atoms with E-state index in [4.69, 9.17) is 0 Å². The maximum Gasteiger partial charge on any atom is 0.251 e. The number of carbonyl (C=O) groups excluding carboxylic acids is 1. The van der Waals surface area contributed by atoms with E-state index >= 15 is 0 Å². The Balaban J connectivity index is 0.00000560. The van der Waals surface area contributed by atoms with Crippen LogP contribution in [0.1, 0.15) is 75.2 Å². The second-order valence-electron chi connectivity index (χ2n) is 10.5. The van der Waals surface area contributed by atoms with Gasteiger partial charge in [-0.15, -0.1) is 12.4 Å². The van der Waals surface area contributed by atoms with Gasteiger partial charge in [-0.05, 0) is 63.3 Å². The lowest BCUT2D eigenvalue weighted by atomic mass is 10.00. The molecular weight excluding hydrogens is 548 g/mol. The van der Waals surface area contributed by atoms with Gasteiger partial charge in [-0.1, -0.05) is 56.5 Å². The summed E-state index contributed by atoms with van der Waals surface area (Å²) >= 11 is 0. The first-order valence-corrected chi connectivity index (χ1v) is 16.0. The third-order valence-corrected chi connectivity index (χ3v) is 9.06. The first kappa shape index (κ1) is 33.9. The number of halogens is 1. The van der Waals surface area contributed by atoms with Crippen LogP contribution < -0.4 is 20.3 Å². The highest BCUT2D eigenvalue weighted by Crippen LogP contribution is 2.28. The summed E-state index contributed by atoms with van der Waals surface area (Å²) in [6, 6.07) is 14.7. The summed E-state index contributed by atoms with van der Waals surface area (Å²) in [4.78, 5) is 13.6. The normalized spacial score (nSPS) is 16.9. The molecule has 8 nitrogen and oxygen atoms in total. The van der Waals surface area contributed by atoms with Crippen molar-refractivity contribution < 1.29 is 18.3 Å². The summed E-state index contributed by atoms with van der Waals surface area (Å²) in [5.41, 5.74) is 2.54. The van der Waals surface area contributed by atoms with E-state index in [2.05, 4.69) is 29.8 Å². The largest absolute Gasteiger partial charge is 0.390 e. The topological polar surface area (TPSA) is 111 Å². The molecule has 0 aromatic heterocycles. The molecule has 1 amide bonds. The molecule has 0 radical (unpaired) electrons. The van der Waals surface area contributed by atoms with Crippen LogP contribution in [0.25, 0.3) is 0 Å². The molecule has 0 bridgehead atoms. The standard InChI is InChI=1S/C30H46N4O4S.ClH/c1-4-6-8-13-23(3)32-22-29(35)28(18-24-14-9-7-10-15-24)33-30(36)25-19-26(31-5-2)21-27(20-25)34-16-11-12-17-39(34,37)38;/h7,9-10,14-15,19-21,23,28-29,31-32,35H,4-6,8,11-13,16-18,22H2,1-3H3,(H,33,36);1H/t23?,28-,29+;/m0./s1. The first-order chi connectivity index (χ1) is 18.7. The molecule has 2 aromatic carbocycles. The monoisotopic (exact) mass is 594 g/mol. The Kier molecular flexibility index (Phi) is 14.2. The predicted molar refractivity (Wildman–Crippen MR) is 167 cm³/mol. The Morgan fingerprint density at radius 1 is 1.07 bits per heavy atom. The molecule has 1 aliphatic heterocycles. The van der Waals surface area contributed by atoms with Crippen molar-refractivity contribution in [3.05, 3.63) is 59.7 Å². The number of carbonyl (C=O) groups is 1. The second kappa shape index (κ2) is 16.8. The maximum atomic E-state index is 13.6. The van der Waals surface area contributed by atoms with Crippen LogP contribution in [0.2, 0.25) is 0 Å². The van der Waals surface area contributed by atoms with Gasteiger partial charge in [-0.25, -0.2) is 8.42 Å². The molecule has 0 saturated carbocycles. The number of unbranched alkanes of at least 4 members (excludes halogenated alkanes) is 2. The molecule has 3 atom stereocenters. The van der Waals surface area contributed by atoms with E-state index in [0.29, 0.717) is 49.4 Å². The molecule has 1 unspecified atom stereocenters. The van der Waals surface area contributed by atoms with Gasteiger partial charge in [0.25, 0.3) is 5.91 Å². The van der Waals surface area contributed by atoms with Crippen LogP contribution in [0, 0.1) is 0 Å². The van der Waals surface area contributed by atoms with Crippen molar-refractivity contribution >= 4 is 39.7 Å². The minimum absolute atomic E-state index is 0. The molecule has 40 heavy (non-hydrogen) atoms. The SMILES string of the molecule is CCCCCC(C)NC[C@@H](O)[C@H](Cc1ccccc1)NC(=O)c1cc(NCC)cc(N2CCCCS2(=O)=O)c1.Cl. The maximum absolute atomic E-state index is 13.6. The summed E-state index contributed by atoms with van der Waals surface area (Å²) in [5, 5.41) is 20.9. The number of aliphatic hydroxyl groups excluding tert-OH is 1. The van der Waals surface area contributed by atoms with Crippen molar-refractivity contribution in [3.8, 4) is 0 Å². The van der Waals surface area contributed by atoms with E-state index in [9.17, 15) is 18.3 Å². The molecule has 1 heterocycles. The predicted octanol–water partition coefficient (Wildman–Crippen LogP) is 4.73. The van der Waals surface area contributed by atoms with Gasteiger partial charge in [0.2, 0.25) is 10.0 Å². The summed E-state index contributed by atoms with van der Waals surface area (Å²) in [6.07, 6.45) is 5.62. The van der Waals surface area contributed by atoms with Crippen molar-refractivity contribution in [1.29, 1.82) is 0 Å². The number of amides is 1. The zero-order valence-corrected chi connectivity index (χ0v) is 25.7. The summed E-state index contributed by atoms with van der Waals surface area (Å²) in [6.45, 7) is 7.65. The average Bonchev–Trinajstić information content (AvgIpc) is 2.91. The Hall–Kier alpha value is -2.33. The first-order valence-electron chi connectivity index (χ1n) is 14.4. The molecular formula is C30H47ClN4O4S. The Morgan fingerprint density at radius 3 is 2.50 bits per heavy atom. The average molecular weight is 595 g/mol. The molecule has 1 aliphatic rings. The van der Waals surface area contributed by atoms with Crippen LogP contribution in [0.4, 0.5) is 11.4 Å². The van der Waals surface area contributed by atoms with Crippen molar-refractivity contribution in [2.75, 3.05) is 35.0 Å². The third-order valence-electron chi connectivity index (χ3n) is 7.19. The van der Waals surface area contributed by atoms with Crippen LogP contribution in [0.3, 0.4) is 0 Å². The quantitative estimate of drug-likeness (QED) is 0.222. The van der Waals surface area contributed by atoms with Crippen LogP contribution >= 0.6 is 12.4 Å². The van der Waals surface area contributed by atoms with E-state index in [1.54, 1.807) is 18.2 Å². The van der Waals surface area contributed by atoms with Gasteiger partial charge in [0.1, 0.15) is 0 Å². The minimum Gasteiger partial charge on any atom is -0.390 e. The molecule has 0 spiro atoms. The lowest BCUT2D eigenvalue weighted by Crippen LogP contribution is -2.49. The van der Waals surface area contributed by atoms with E-state index in [1.807, 2.05) is 37.3 Å². The zero-order valence-electron chi connectivity index (χ0n) is 24.1. The molecule has 1 fully saturated rings. The molecule has 3 rings (SSSR count). The Bertz CT molecular complexity index is 1150. The highest BCUT2D eigenvalue weighted by Gasteiger charge is 2.28. The van der Waals surface area contributed by atoms with Crippen molar-refractivity contribution in [3.63, 3.8) is 0 Å². The van der Waals surface area contributed by atoms with Crippen LogP contribution in [-0.2, 0) is 16.4 Å². The summed E-state index contributed by atoms with van der Waals surface area (Å²) < 4.78 is 27.0. The lowest BCUT2D eigenvalue weighted by Gasteiger charge is -2.29. The zero-order chi connectivity index (χ0) is 28.3.